The summed E-state index contributed by atoms with van der Waals surface area (Å²) in [5.41, 5.74) is -0.640. The first kappa shape index (κ1) is 10.7. The first-order chi connectivity index (χ1) is 7.38. The van der Waals surface area contributed by atoms with Crippen molar-refractivity contribution in [3.8, 4) is 0 Å². The molecule has 0 aliphatic heterocycles. The molecule has 0 bridgehead atoms. The number of rotatable bonds is 0. The molecule has 0 fully saturated rings. The number of H-pyrrole nitrogens is 1. The van der Waals surface area contributed by atoms with E-state index in [1.807, 2.05) is 0 Å². The smallest absolute Gasteiger partial charge is 0.322 e. The molecule has 2 rings (SSSR count). The minimum atomic E-state index is -4.51. The number of hydrogen-bond acceptors (Lipinski definition) is 1. The van der Waals surface area contributed by atoms with E-state index >= 15 is 0 Å². The lowest BCUT2D eigenvalue weighted by Crippen LogP contribution is -2.13. The number of aromatic amines is 1. The first-order valence-electron chi connectivity index (χ1n) is 4.59. The van der Waals surface area contributed by atoms with E-state index in [1.54, 1.807) is 13.0 Å². The SMILES string of the molecule is Cc1ccc2c(C(F)(F)F)cc(=O)[nH]c2c1. The van der Waals surface area contributed by atoms with Crippen molar-refractivity contribution in [1.82, 2.24) is 4.98 Å². The molecule has 0 aliphatic rings. The van der Waals surface area contributed by atoms with Crippen LogP contribution in [0.4, 0.5) is 13.2 Å². The largest absolute Gasteiger partial charge is 0.417 e. The van der Waals surface area contributed by atoms with Gasteiger partial charge in [0, 0.05) is 17.0 Å². The number of nitrogens with one attached hydrogen (secondary N) is 1. The number of benzene rings is 1. The predicted octanol–water partition coefficient (Wildman–Crippen LogP) is 2.86. The second-order valence-electron chi connectivity index (χ2n) is 3.59. The van der Waals surface area contributed by atoms with Gasteiger partial charge in [0.05, 0.1) is 5.56 Å². The van der Waals surface area contributed by atoms with Crippen LogP contribution in [-0.4, -0.2) is 4.98 Å². The van der Waals surface area contributed by atoms with E-state index in [0.29, 0.717) is 6.07 Å². The maximum Gasteiger partial charge on any atom is 0.417 e. The highest BCUT2D eigenvalue weighted by atomic mass is 19.4. The van der Waals surface area contributed by atoms with Gasteiger partial charge in [-0.3, -0.25) is 4.79 Å². The minimum Gasteiger partial charge on any atom is -0.322 e. The summed E-state index contributed by atoms with van der Waals surface area (Å²) in [6, 6.07) is 5.04. The molecular formula is C11H8F3NO. The predicted molar refractivity (Wildman–Crippen MR) is 54.3 cm³/mol. The van der Waals surface area contributed by atoms with Crippen LogP contribution >= 0.6 is 0 Å². The van der Waals surface area contributed by atoms with Crippen molar-refractivity contribution >= 4 is 10.9 Å². The summed E-state index contributed by atoms with van der Waals surface area (Å²) < 4.78 is 37.9. The van der Waals surface area contributed by atoms with Gasteiger partial charge in [-0.1, -0.05) is 12.1 Å². The third kappa shape index (κ3) is 1.80. The summed E-state index contributed by atoms with van der Waals surface area (Å²) in [6.07, 6.45) is -4.51. The number of hydrogen-bond donors (Lipinski definition) is 1. The fourth-order valence-corrected chi connectivity index (χ4v) is 1.61. The zero-order valence-electron chi connectivity index (χ0n) is 8.35. The Bertz CT molecular complexity index is 598. The van der Waals surface area contributed by atoms with Crippen molar-refractivity contribution in [3.05, 3.63) is 45.7 Å². The molecule has 2 aromatic rings. The minimum absolute atomic E-state index is 0.0118. The molecular weight excluding hydrogens is 219 g/mol. The topological polar surface area (TPSA) is 32.9 Å². The van der Waals surface area contributed by atoms with Crippen molar-refractivity contribution in [3.63, 3.8) is 0 Å². The van der Waals surface area contributed by atoms with E-state index < -0.39 is 17.3 Å². The van der Waals surface area contributed by atoms with Crippen molar-refractivity contribution in [2.45, 2.75) is 13.1 Å². The zero-order chi connectivity index (χ0) is 11.9. The Labute approximate surface area is 88.7 Å². The van der Waals surface area contributed by atoms with E-state index in [4.69, 9.17) is 0 Å². The fourth-order valence-electron chi connectivity index (χ4n) is 1.61. The van der Waals surface area contributed by atoms with Gasteiger partial charge in [-0.25, -0.2) is 0 Å². The quantitative estimate of drug-likeness (QED) is 0.737. The molecule has 5 heteroatoms. The number of aromatic nitrogens is 1. The second kappa shape index (κ2) is 3.37. The molecule has 1 aromatic heterocycles. The van der Waals surface area contributed by atoms with Gasteiger partial charge in [0.2, 0.25) is 5.56 Å². The Hall–Kier alpha value is -1.78. The van der Waals surface area contributed by atoms with Crippen LogP contribution < -0.4 is 5.56 Å². The van der Waals surface area contributed by atoms with Gasteiger partial charge in [0.15, 0.2) is 0 Å². The molecule has 1 N–H and O–H groups in total. The van der Waals surface area contributed by atoms with Gasteiger partial charge < -0.3 is 4.98 Å². The Morgan fingerprint density at radius 1 is 1.19 bits per heavy atom. The molecule has 1 aromatic carbocycles. The molecule has 0 saturated carbocycles. The summed E-state index contributed by atoms with van der Waals surface area (Å²) in [7, 11) is 0. The van der Waals surface area contributed by atoms with E-state index in [-0.39, 0.29) is 10.9 Å². The lowest BCUT2D eigenvalue weighted by atomic mass is 10.1. The standard InChI is InChI=1S/C11H8F3NO/c1-6-2-3-7-8(11(12,13)14)5-10(16)15-9(7)4-6/h2-5H,1H3,(H,15,16). The number of aryl methyl sites for hydroxylation is 1. The van der Waals surface area contributed by atoms with Crippen LogP contribution in [0.1, 0.15) is 11.1 Å². The Morgan fingerprint density at radius 2 is 1.88 bits per heavy atom. The van der Waals surface area contributed by atoms with E-state index in [9.17, 15) is 18.0 Å². The average Bonchev–Trinajstić information content (AvgIpc) is 2.14. The number of fused-ring (bicyclic) bond motifs is 1. The highest BCUT2D eigenvalue weighted by Crippen LogP contribution is 2.33. The molecule has 2 nitrogen and oxygen atoms in total. The van der Waals surface area contributed by atoms with Crippen molar-refractivity contribution in [2.24, 2.45) is 0 Å². The molecule has 0 atom stereocenters. The lowest BCUT2D eigenvalue weighted by molar-refractivity contribution is -0.136. The molecule has 16 heavy (non-hydrogen) atoms. The average molecular weight is 227 g/mol. The summed E-state index contributed by atoms with van der Waals surface area (Å²) in [6.45, 7) is 1.75. The van der Waals surface area contributed by atoms with Gasteiger partial charge in [0.25, 0.3) is 0 Å². The summed E-state index contributed by atoms with van der Waals surface area (Å²) in [4.78, 5) is 13.5. The molecule has 84 valence electrons. The van der Waals surface area contributed by atoms with Crippen LogP contribution in [0.5, 0.6) is 0 Å². The highest BCUT2D eigenvalue weighted by molar-refractivity contribution is 5.83. The zero-order valence-corrected chi connectivity index (χ0v) is 8.35. The third-order valence-electron chi connectivity index (χ3n) is 2.30. The molecule has 0 amide bonds. The monoisotopic (exact) mass is 227 g/mol. The molecule has 0 radical (unpaired) electrons. The third-order valence-corrected chi connectivity index (χ3v) is 2.30. The summed E-state index contributed by atoms with van der Waals surface area (Å²) in [5.74, 6) is 0. The Kier molecular flexibility index (Phi) is 2.26. The number of alkyl halides is 3. The van der Waals surface area contributed by atoms with Crippen molar-refractivity contribution < 1.29 is 13.2 Å². The second-order valence-corrected chi connectivity index (χ2v) is 3.59. The van der Waals surface area contributed by atoms with Crippen molar-refractivity contribution in [2.75, 3.05) is 0 Å². The van der Waals surface area contributed by atoms with Crippen molar-refractivity contribution in [1.29, 1.82) is 0 Å². The van der Waals surface area contributed by atoms with Crippen LogP contribution in [0.3, 0.4) is 0 Å². The molecule has 0 spiro atoms. The van der Waals surface area contributed by atoms with Gasteiger partial charge in [-0.2, -0.15) is 13.2 Å². The normalized spacial score (nSPS) is 12.0. The Balaban J connectivity index is 2.89. The lowest BCUT2D eigenvalue weighted by Gasteiger charge is -2.09. The van der Waals surface area contributed by atoms with Gasteiger partial charge >= 0.3 is 6.18 Å². The fraction of sp³-hybridized carbons (Fsp3) is 0.182. The maximum absolute atomic E-state index is 12.6. The van der Waals surface area contributed by atoms with Crippen LogP contribution in [0, 0.1) is 6.92 Å². The highest BCUT2D eigenvalue weighted by Gasteiger charge is 2.33. The first-order valence-corrected chi connectivity index (χ1v) is 4.59. The summed E-state index contributed by atoms with van der Waals surface area (Å²) in [5, 5.41) is 0.0118. The molecule has 0 aliphatic carbocycles. The van der Waals surface area contributed by atoms with E-state index in [0.717, 1.165) is 5.56 Å². The Morgan fingerprint density at radius 3 is 2.50 bits per heavy atom. The van der Waals surface area contributed by atoms with Crippen LogP contribution in [0.25, 0.3) is 10.9 Å². The van der Waals surface area contributed by atoms with Gasteiger partial charge in [0.1, 0.15) is 0 Å². The number of halogens is 3. The molecule has 1 heterocycles. The van der Waals surface area contributed by atoms with Crippen LogP contribution in [0.2, 0.25) is 0 Å². The molecule has 0 saturated heterocycles. The summed E-state index contributed by atoms with van der Waals surface area (Å²) >= 11 is 0. The number of pyridine rings is 1. The van der Waals surface area contributed by atoms with Crippen LogP contribution in [0.15, 0.2) is 29.1 Å². The van der Waals surface area contributed by atoms with Crippen LogP contribution in [-0.2, 0) is 6.18 Å². The van der Waals surface area contributed by atoms with E-state index in [2.05, 4.69) is 4.98 Å². The molecule has 0 unspecified atom stereocenters. The van der Waals surface area contributed by atoms with Gasteiger partial charge in [-0.15, -0.1) is 0 Å². The van der Waals surface area contributed by atoms with Gasteiger partial charge in [-0.05, 0) is 18.6 Å². The maximum atomic E-state index is 12.6. The van der Waals surface area contributed by atoms with E-state index in [1.165, 1.54) is 12.1 Å².